The summed E-state index contributed by atoms with van der Waals surface area (Å²) in [7, 11) is 0. The number of Topliss-reactive ketones (excluding diaryl/α,β-unsaturated/α-hetero) is 1. The van der Waals surface area contributed by atoms with Gasteiger partial charge in [0.1, 0.15) is 17.2 Å². The third kappa shape index (κ3) is 6.80. The number of esters is 1. The molecule has 1 atom stereocenters. The Labute approximate surface area is 255 Å². The normalized spacial score (nSPS) is 16.0. The third-order valence-corrected chi connectivity index (χ3v) is 7.95. The number of ketones is 1. The van der Waals surface area contributed by atoms with Crippen LogP contribution in [0.25, 0.3) is 5.76 Å². The van der Waals surface area contributed by atoms with Crippen LogP contribution < -0.4 is 14.4 Å². The molecule has 1 fully saturated rings. The zero-order valence-corrected chi connectivity index (χ0v) is 25.8. The summed E-state index contributed by atoms with van der Waals surface area (Å²) in [4.78, 5) is 45.8. The lowest BCUT2D eigenvalue weighted by Crippen LogP contribution is -2.29. The zero-order valence-electron chi connectivity index (χ0n) is 25.0. The molecule has 0 aliphatic carbocycles. The summed E-state index contributed by atoms with van der Waals surface area (Å²) in [6, 6.07) is 11.1. The highest BCUT2D eigenvalue weighted by Crippen LogP contribution is 2.45. The second-order valence-corrected chi connectivity index (χ2v) is 11.5. The minimum Gasteiger partial charge on any atom is -0.507 e. The Morgan fingerprint density at radius 1 is 1.12 bits per heavy atom. The number of thiazole rings is 1. The van der Waals surface area contributed by atoms with Gasteiger partial charge in [0.15, 0.2) is 16.6 Å². The molecule has 226 valence electrons. The quantitative estimate of drug-likeness (QED) is 0.0814. The van der Waals surface area contributed by atoms with Gasteiger partial charge < -0.3 is 19.3 Å². The summed E-state index contributed by atoms with van der Waals surface area (Å²) in [5.74, 6) is -1.27. The summed E-state index contributed by atoms with van der Waals surface area (Å²) in [6.45, 7) is 14.0. The van der Waals surface area contributed by atoms with Crippen molar-refractivity contribution in [1.29, 1.82) is 0 Å². The molecule has 0 radical (unpaired) electrons. The average molecular weight is 605 g/mol. The van der Waals surface area contributed by atoms with Crippen LogP contribution in [0.1, 0.15) is 65.3 Å². The molecule has 2 heterocycles. The molecular formula is C33H36N2O7S. The van der Waals surface area contributed by atoms with Gasteiger partial charge in [0.25, 0.3) is 5.78 Å². The van der Waals surface area contributed by atoms with Gasteiger partial charge in [-0.2, -0.15) is 0 Å². The Kier molecular flexibility index (Phi) is 10.0. The first-order valence-corrected chi connectivity index (χ1v) is 14.9. The number of aryl methyl sites for hydroxylation is 2. The number of benzene rings is 2. The smallest absolute Gasteiger partial charge is 0.350 e. The van der Waals surface area contributed by atoms with E-state index in [0.717, 1.165) is 23.3 Å². The van der Waals surface area contributed by atoms with Crippen LogP contribution in [0.5, 0.6) is 11.5 Å². The molecule has 2 aromatic carbocycles. The van der Waals surface area contributed by atoms with E-state index in [0.29, 0.717) is 47.5 Å². The number of aromatic nitrogens is 1. The summed E-state index contributed by atoms with van der Waals surface area (Å²) in [5.41, 5.74) is 2.09. The number of aliphatic hydroxyl groups is 1. The van der Waals surface area contributed by atoms with Crippen molar-refractivity contribution in [3.8, 4) is 11.5 Å². The molecular weight excluding hydrogens is 568 g/mol. The number of carbonyl (C=O) groups is 3. The maximum absolute atomic E-state index is 13.6. The van der Waals surface area contributed by atoms with Crippen molar-refractivity contribution in [1.82, 2.24) is 4.98 Å². The number of hydrogen-bond donors (Lipinski definition) is 1. The van der Waals surface area contributed by atoms with Gasteiger partial charge in [0, 0.05) is 5.56 Å². The van der Waals surface area contributed by atoms with E-state index < -0.39 is 23.7 Å². The molecule has 1 aliphatic rings. The average Bonchev–Trinajstić information content (AvgIpc) is 3.48. The second kappa shape index (κ2) is 13.7. The molecule has 1 unspecified atom stereocenters. The van der Waals surface area contributed by atoms with Crippen molar-refractivity contribution in [3.63, 3.8) is 0 Å². The number of anilines is 1. The lowest BCUT2D eigenvalue weighted by molar-refractivity contribution is -0.132. The molecule has 0 bridgehead atoms. The molecule has 1 N–H and O–H groups in total. The van der Waals surface area contributed by atoms with Gasteiger partial charge in [0.05, 0.1) is 30.5 Å². The summed E-state index contributed by atoms with van der Waals surface area (Å²) in [5, 5.41) is 11.6. The lowest BCUT2D eigenvalue weighted by Gasteiger charge is -2.24. The summed E-state index contributed by atoms with van der Waals surface area (Å²) < 4.78 is 17.1. The molecule has 9 nitrogen and oxygen atoms in total. The predicted molar refractivity (Wildman–Crippen MR) is 166 cm³/mol. The van der Waals surface area contributed by atoms with E-state index in [1.807, 2.05) is 26.0 Å². The lowest BCUT2D eigenvalue weighted by atomic mass is 9.95. The Morgan fingerprint density at radius 2 is 1.84 bits per heavy atom. The van der Waals surface area contributed by atoms with Gasteiger partial charge in [-0.05, 0) is 50.8 Å². The number of amides is 1. The highest BCUT2D eigenvalue weighted by atomic mass is 32.1. The second-order valence-electron chi connectivity index (χ2n) is 10.5. The molecule has 1 aliphatic heterocycles. The van der Waals surface area contributed by atoms with Gasteiger partial charge >= 0.3 is 11.9 Å². The topological polar surface area (TPSA) is 115 Å². The van der Waals surface area contributed by atoms with Crippen LogP contribution in [0, 0.1) is 19.8 Å². The van der Waals surface area contributed by atoms with Crippen LogP contribution in [-0.2, 0) is 14.3 Å². The number of hydrogen-bond acceptors (Lipinski definition) is 9. The summed E-state index contributed by atoms with van der Waals surface area (Å²) in [6.07, 6.45) is 2.30. The van der Waals surface area contributed by atoms with Gasteiger partial charge in [-0.1, -0.05) is 73.7 Å². The van der Waals surface area contributed by atoms with Gasteiger partial charge in [-0.25, -0.2) is 9.78 Å². The molecule has 3 aromatic rings. The van der Waals surface area contributed by atoms with Crippen LogP contribution in [0.3, 0.4) is 0 Å². The largest absolute Gasteiger partial charge is 0.507 e. The minimum absolute atomic E-state index is 0.0123. The standard InChI is InChI=1S/C33H36N2O7S/c1-7-16-42-32(39)30-21(6)34-33(43-30)35-27(23-13-14-24(25(18-23)40-8-2)41-17-15-19(3)4)26(29(37)31(35)38)28(36)22-11-9-20(5)10-12-22/h7,9-14,18-19,27,36H,1,8,15-17H2,2-6H3/b28-26+. The molecule has 0 spiro atoms. The number of rotatable bonds is 12. The first-order chi connectivity index (χ1) is 20.6. The van der Waals surface area contributed by atoms with Crippen molar-refractivity contribution < 1.29 is 33.7 Å². The summed E-state index contributed by atoms with van der Waals surface area (Å²) >= 11 is 0.935. The molecule has 1 saturated heterocycles. The van der Waals surface area contributed by atoms with Gasteiger partial charge in [-0.3, -0.25) is 14.5 Å². The predicted octanol–water partition coefficient (Wildman–Crippen LogP) is 6.55. The van der Waals surface area contributed by atoms with Crippen LogP contribution in [-0.4, -0.2) is 47.6 Å². The van der Waals surface area contributed by atoms with E-state index in [1.54, 1.807) is 37.3 Å². The van der Waals surface area contributed by atoms with E-state index >= 15 is 0 Å². The van der Waals surface area contributed by atoms with E-state index in [4.69, 9.17) is 14.2 Å². The Hall–Kier alpha value is -4.44. The first kappa shape index (κ1) is 31.5. The number of carbonyl (C=O) groups excluding carboxylic acids is 3. The van der Waals surface area contributed by atoms with E-state index in [1.165, 1.54) is 11.0 Å². The van der Waals surface area contributed by atoms with Gasteiger partial charge in [0.2, 0.25) is 0 Å². The maximum Gasteiger partial charge on any atom is 0.350 e. The first-order valence-electron chi connectivity index (χ1n) is 14.1. The molecule has 1 aromatic heterocycles. The monoisotopic (exact) mass is 604 g/mol. The van der Waals surface area contributed by atoms with Crippen LogP contribution >= 0.6 is 11.3 Å². The van der Waals surface area contributed by atoms with Crippen molar-refractivity contribution in [3.05, 3.63) is 88.0 Å². The molecule has 43 heavy (non-hydrogen) atoms. The highest BCUT2D eigenvalue weighted by Gasteiger charge is 2.48. The third-order valence-electron chi connectivity index (χ3n) is 6.81. The molecule has 0 saturated carbocycles. The van der Waals surface area contributed by atoms with Crippen molar-refractivity contribution in [2.45, 2.75) is 47.1 Å². The fourth-order valence-corrected chi connectivity index (χ4v) is 5.56. The minimum atomic E-state index is -1.06. The van der Waals surface area contributed by atoms with E-state index in [2.05, 4.69) is 25.4 Å². The molecule has 1 amide bonds. The van der Waals surface area contributed by atoms with E-state index in [9.17, 15) is 19.5 Å². The Bertz CT molecular complexity index is 1560. The SMILES string of the molecule is C=CCOC(=O)c1sc(N2C(=O)C(=O)/C(=C(/O)c3ccc(C)cc3)C2c2ccc(OCCC(C)C)c(OCC)c2)nc1C. The number of nitrogens with zero attached hydrogens (tertiary/aromatic N) is 2. The van der Waals surface area contributed by atoms with Gasteiger partial charge in [-0.15, -0.1) is 0 Å². The Balaban J connectivity index is 1.87. The number of ether oxygens (including phenoxy) is 3. The fourth-order valence-electron chi connectivity index (χ4n) is 4.57. The molecule has 10 heteroatoms. The number of aliphatic hydroxyl groups excluding tert-OH is 1. The van der Waals surface area contributed by atoms with Crippen LogP contribution in [0.2, 0.25) is 0 Å². The Morgan fingerprint density at radius 3 is 2.49 bits per heavy atom. The van der Waals surface area contributed by atoms with Crippen molar-refractivity contribution >= 4 is 39.9 Å². The van der Waals surface area contributed by atoms with Crippen LogP contribution in [0.4, 0.5) is 5.13 Å². The molecule has 4 rings (SSSR count). The van der Waals surface area contributed by atoms with E-state index in [-0.39, 0.29) is 27.9 Å². The highest BCUT2D eigenvalue weighted by molar-refractivity contribution is 7.17. The van der Waals surface area contributed by atoms with Crippen LogP contribution in [0.15, 0.2) is 60.7 Å². The van der Waals surface area contributed by atoms with Crippen molar-refractivity contribution in [2.75, 3.05) is 24.7 Å². The maximum atomic E-state index is 13.6. The van der Waals surface area contributed by atoms with Crippen molar-refractivity contribution in [2.24, 2.45) is 5.92 Å². The zero-order chi connectivity index (χ0) is 31.3. The fraction of sp³-hybridized carbons (Fsp3) is 0.333.